The maximum atomic E-state index is 12.3. The van der Waals surface area contributed by atoms with Crippen molar-refractivity contribution in [1.82, 2.24) is 4.90 Å². The van der Waals surface area contributed by atoms with E-state index in [1.54, 1.807) is 30.2 Å². The van der Waals surface area contributed by atoms with Gasteiger partial charge in [0, 0.05) is 19.2 Å². The van der Waals surface area contributed by atoms with Crippen LogP contribution in [0.2, 0.25) is 5.02 Å². The van der Waals surface area contributed by atoms with E-state index in [2.05, 4.69) is 6.92 Å². The number of hydrogen-bond acceptors (Lipinski definition) is 3. The number of carbonyl (C=O) groups is 1. The number of ether oxygens (including phenoxy) is 2. The van der Waals surface area contributed by atoms with Crippen LogP contribution in [0, 0.1) is 5.92 Å². The number of rotatable bonds is 7. The van der Waals surface area contributed by atoms with Crippen molar-refractivity contribution in [3.8, 4) is 11.5 Å². The molecule has 0 N–H and O–H groups in total. The maximum absolute atomic E-state index is 12.3. The van der Waals surface area contributed by atoms with Gasteiger partial charge in [0.25, 0.3) is 0 Å². The van der Waals surface area contributed by atoms with Crippen molar-refractivity contribution in [2.24, 2.45) is 5.92 Å². The molecule has 0 radical (unpaired) electrons. The van der Waals surface area contributed by atoms with Gasteiger partial charge in [0.15, 0.2) is 11.5 Å². The summed E-state index contributed by atoms with van der Waals surface area (Å²) in [6.45, 7) is 5.96. The van der Waals surface area contributed by atoms with Crippen LogP contribution in [-0.4, -0.2) is 37.1 Å². The molecular formula is C19H26ClNO3. The normalized spacial score (nSPS) is 15.6. The molecule has 1 aliphatic carbocycles. The SMILES string of the molecule is COc1cc(/C=C/C(=O)N(C)C(C)C2CC2)cc(Cl)c1OC(C)C. The van der Waals surface area contributed by atoms with E-state index in [1.807, 2.05) is 27.0 Å². The largest absolute Gasteiger partial charge is 0.493 e. The lowest BCUT2D eigenvalue weighted by atomic mass is 10.1. The molecule has 0 bridgehead atoms. The summed E-state index contributed by atoms with van der Waals surface area (Å²) in [7, 11) is 3.42. The first-order valence-electron chi connectivity index (χ1n) is 8.32. The molecule has 1 atom stereocenters. The first-order valence-corrected chi connectivity index (χ1v) is 8.70. The van der Waals surface area contributed by atoms with Crippen LogP contribution in [0.5, 0.6) is 11.5 Å². The van der Waals surface area contributed by atoms with Gasteiger partial charge in [-0.25, -0.2) is 0 Å². The second kappa shape index (κ2) is 7.93. The zero-order chi connectivity index (χ0) is 17.9. The molecular weight excluding hydrogens is 326 g/mol. The van der Waals surface area contributed by atoms with Crippen molar-refractivity contribution in [2.45, 2.75) is 45.8 Å². The Morgan fingerprint density at radius 2 is 2.00 bits per heavy atom. The minimum absolute atomic E-state index is 0.00284. The number of methoxy groups -OCH3 is 1. The van der Waals surface area contributed by atoms with Gasteiger partial charge in [-0.1, -0.05) is 11.6 Å². The predicted octanol–water partition coefficient (Wildman–Crippen LogP) is 4.41. The second-order valence-electron chi connectivity index (χ2n) is 6.56. The molecule has 1 aromatic carbocycles. The van der Waals surface area contributed by atoms with Gasteiger partial charge in [0.1, 0.15) is 0 Å². The number of hydrogen-bond donors (Lipinski definition) is 0. The van der Waals surface area contributed by atoms with Gasteiger partial charge in [0.2, 0.25) is 5.91 Å². The third kappa shape index (κ3) is 4.67. The number of benzene rings is 1. The Morgan fingerprint density at radius 3 is 2.54 bits per heavy atom. The highest BCUT2D eigenvalue weighted by atomic mass is 35.5. The zero-order valence-corrected chi connectivity index (χ0v) is 15.8. The molecule has 5 heteroatoms. The highest BCUT2D eigenvalue weighted by molar-refractivity contribution is 6.32. The standard InChI is InChI=1S/C19H26ClNO3/c1-12(2)24-19-16(20)10-14(11-17(19)23-5)6-9-18(22)21(4)13(3)15-7-8-15/h6,9-13,15H,7-8H2,1-5H3/b9-6+. The van der Waals surface area contributed by atoms with E-state index < -0.39 is 0 Å². The van der Waals surface area contributed by atoms with E-state index in [0.717, 1.165) is 5.56 Å². The summed E-state index contributed by atoms with van der Waals surface area (Å²) in [4.78, 5) is 14.1. The number of amides is 1. The number of likely N-dealkylation sites (N-methyl/N-ethyl adjacent to an activating group) is 1. The number of carbonyl (C=O) groups excluding carboxylic acids is 1. The van der Waals surface area contributed by atoms with E-state index in [-0.39, 0.29) is 18.1 Å². The van der Waals surface area contributed by atoms with Crippen LogP contribution in [0.4, 0.5) is 0 Å². The Hall–Kier alpha value is -1.68. The van der Waals surface area contributed by atoms with Crippen molar-refractivity contribution < 1.29 is 14.3 Å². The molecule has 0 aromatic heterocycles. The summed E-state index contributed by atoms with van der Waals surface area (Å²) in [6.07, 6.45) is 5.76. The summed E-state index contributed by atoms with van der Waals surface area (Å²) in [5.74, 6) is 1.72. The topological polar surface area (TPSA) is 38.8 Å². The van der Waals surface area contributed by atoms with Crippen molar-refractivity contribution in [3.63, 3.8) is 0 Å². The number of nitrogens with zero attached hydrogens (tertiary/aromatic N) is 1. The molecule has 0 saturated heterocycles. The van der Waals surface area contributed by atoms with Crippen LogP contribution in [-0.2, 0) is 4.79 Å². The van der Waals surface area contributed by atoms with E-state index >= 15 is 0 Å². The van der Waals surface area contributed by atoms with Crippen molar-refractivity contribution in [3.05, 3.63) is 28.8 Å². The highest BCUT2D eigenvalue weighted by Crippen LogP contribution is 2.37. The van der Waals surface area contributed by atoms with Crippen LogP contribution in [0.3, 0.4) is 0 Å². The van der Waals surface area contributed by atoms with E-state index in [0.29, 0.717) is 22.4 Å². The first kappa shape index (κ1) is 18.7. The van der Waals surface area contributed by atoms with Gasteiger partial charge in [-0.15, -0.1) is 0 Å². The third-order valence-corrected chi connectivity index (χ3v) is 4.57. The van der Waals surface area contributed by atoms with Gasteiger partial charge in [-0.3, -0.25) is 4.79 Å². The fraction of sp³-hybridized carbons (Fsp3) is 0.526. The predicted molar refractivity (Wildman–Crippen MR) is 97.8 cm³/mol. The average Bonchev–Trinajstić information content (AvgIpc) is 3.37. The Kier molecular flexibility index (Phi) is 6.16. The van der Waals surface area contributed by atoms with Crippen LogP contribution >= 0.6 is 11.6 Å². The summed E-state index contributed by atoms with van der Waals surface area (Å²) >= 11 is 6.30. The molecule has 1 aromatic rings. The fourth-order valence-corrected chi connectivity index (χ4v) is 2.83. The van der Waals surface area contributed by atoms with Gasteiger partial charge >= 0.3 is 0 Å². The molecule has 0 aliphatic heterocycles. The average molecular weight is 352 g/mol. The molecule has 1 aliphatic rings. The molecule has 1 fully saturated rings. The third-order valence-electron chi connectivity index (χ3n) is 4.29. The van der Waals surface area contributed by atoms with Crippen LogP contribution < -0.4 is 9.47 Å². The second-order valence-corrected chi connectivity index (χ2v) is 6.97. The van der Waals surface area contributed by atoms with Crippen LogP contribution in [0.1, 0.15) is 39.2 Å². The summed E-state index contributed by atoms with van der Waals surface area (Å²) in [5, 5.41) is 0.467. The minimum Gasteiger partial charge on any atom is -0.493 e. The number of halogens is 1. The van der Waals surface area contributed by atoms with Crippen molar-refractivity contribution >= 4 is 23.6 Å². The summed E-state index contributed by atoms with van der Waals surface area (Å²) in [6, 6.07) is 3.87. The van der Waals surface area contributed by atoms with Crippen molar-refractivity contribution in [1.29, 1.82) is 0 Å². The highest BCUT2D eigenvalue weighted by Gasteiger charge is 2.31. The maximum Gasteiger partial charge on any atom is 0.246 e. The zero-order valence-electron chi connectivity index (χ0n) is 15.0. The Morgan fingerprint density at radius 1 is 1.33 bits per heavy atom. The lowest BCUT2D eigenvalue weighted by molar-refractivity contribution is -0.126. The smallest absolute Gasteiger partial charge is 0.246 e. The lowest BCUT2D eigenvalue weighted by Crippen LogP contribution is -2.35. The summed E-state index contributed by atoms with van der Waals surface area (Å²) in [5.41, 5.74) is 0.800. The minimum atomic E-state index is -0.00741. The lowest BCUT2D eigenvalue weighted by Gasteiger charge is -2.23. The molecule has 1 saturated carbocycles. The Balaban J connectivity index is 2.13. The van der Waals surface area contributed by atoms with Crippen molar-refractivity contribution in [2.75, 3.05) is 14.2 Å². The molecule has 132 valence electrons. The molecule has 0 spiro atoms. The molecule has 1 unspecified atom stereocenters. The van der Waals surface area contributed by atoms with Gasteiger partial charge in [-0.2, -0.15) is 0 Å². The molecule has 1 amide bonds. The van der Waals surface area contributed by atoms with Gasteiger partial charge < -0.3 is 14.4 Å². The molecule has 24 heavy (non-hydrogen) atoms. The monoisotopic (exact) mass is 351 g/mol. The fourth-order valence-electron chi connectivity index (χ4n) is 2.57. The van der Waals surface area contributed by atoms with E-state index in [1.165, 1.54) is 12.8 Å². The van der Waals surface area contributed by atoms with E-state index in [4.69, 9.17) is 21.1 Å². The Bertz CT molecular complexity index is 623. The molecule has 2 rings (SSSR count). The van der Waals surface area contributed by atoms with Crippen LogP contribution in [0.15, 0.2) is 18.2 Å². The quantitative estimate of drug-likeness (QED) is 0.683. The van der Waals surface area contributed by atoms with Crippen LogP contribution in [0.25, 0.3) is 6.08 Å². The van der Waals surface area contributed by atoms with Gasteiger partial charge in [0.05, 0.1) is 18.2 Å². The molecule has 4 nitrogen and oxygen atoms in total. The van der Waals surface area contributed by atoms with Gasteiger partial charge in [-0.05, 0) is 63.3 Å². The first-order chi connectivity index (χ1) is 11.3. The summed E-state index contributed by atoms with van der Waals surface area (Å²) < 4.78 is 11.1. The Labute approximate surface area is 149 Å². The van der Waals surface area contributed by atoms with E-state index in [9.17, 15) is 4.79 Å². The molecule has 0 heterocycles.